The number of hydrogen-bond donors (Lipinski definition) is 0. The number of hydrogen-bond acceptors (Lipinski definition) is 2. The maximum Gasteiger partial charge on any atom is 0.260 e. The number of aromatic nitrogens is 1. The Morgan fingerprint density at radius 2 is 2.38 bits per heavy atom. The van der Waals surface area contributed by atoms with Gasteiger partial charge in [0.25, 0.3) is 5.56 Å². The first-order valence-corrected chi connectivity index (χ1v) is 4.71. The Bertz CT molecular complexity index is 530. The van der Waals surface area contributed by atoms with Crippen LogP contribution >= 0.6 is 11.3 Å². The molecule has 0 bridgehead atoms. The molecule has 2 aromatic rings. The Labute approximate surface area is 79.4 Å². The van der Waals surface area contributed by atoms with Gasteiger partial charge < -0.3 is 4.57 Å². The molecule has 0 aliphatic rings. The minimum atomic E-state index is -0.00306. The van der Waals surface area contributed by atoms with Crippen molar-refractivity contribution in [3.05, 3.63) is 34.1 Å². The largest absolute Gasteiger partial charge is 0.303 e. The Morgan fingerprint density at radius 3 is 3.15 bits per heavy atom. The molecule has 0 aliphatic carbocycles. The van der Waals surface area contributed by atoms with Gasteiger partial charge in [-0.05, 0) is 17.5 Å². The molecule has 13 heavy (non-hydrogen) atoms. The third-order valence-corrected chi connectivity index (χ3v) is 2.74. The van der Waals surface area contributed by atoms with Crippen LogP contribution in [0.5, 0.6) is 0 Å². The molecule has 0 atom stereocenters. The SMILES string of the molecule is C#CCn1ccc2sccc2c1=O. The van der Waals surface area contributed by atoms with Crippen molar-refractivity contribution in [1.29, 1.82) is 0 Å². The predicted molar refractivity (Wildman–Crippen MR) is 54.9 cm³/mol. The van der Waals surface area contributed by atoms with Crippen molar-refractivity contribution in [1.82, 2.24) is 4.57 Å². The van der Waals surface area contributed by atoms with E-state index in [4.69, 9.17) is 6.42 Å². The van der Waals surface area contributed by atoms with Crippen LogP contribution in [0.4, 0.5) is 0 Å². The van der Waals surface area contributed by atoms with Gasteiger partial charge in [-0.2, -0.15) is 0 Å². The lowest BCUT2D eigenvalue weighted by Gasteiger charge is -1.98. The Hall–Kier alpha value is -1.53. The second-order valence-electron chi connectivity index (χ2n) is 2.65. The summed E-state index contributed by atoms with van der Waals surface area (Å²) in [7, 11) is 0. The van der Waals surface area contributed by atoms with Gasteiger partial charge in [0.15, 0.2) is 0 Å². The standard InChI is InChI=1S/C10H7NOS/c1-2-5-11-6-3-9-8(10(11)12)4-7-13-9/h1,3-4,6-7H,5H2. The second-order valence-corrected chi connectivity index (χ2v) is 3.60. The van der Waals surface area contributed by atoms with E-state index in [0.29, 0.717) is 6.54 Å². The summed E-state index contributed by atoms with van der Waals surface area (Å²) in [5.74, 6) is 2.45. The monoisotopic (exact) mass is 189 g/mol. The molecule has 0 saturated carbocycles. The third kappa shape index (κ3) is 1.25. The molecule has 3 heteroatoms. The first-order valence-electron chi connectivity index (χ1n) is 3.83. The quantitative estimate of drug-likeness (QED) is 0.626. The van der Waals surface area contributed by atoms with Crippen LogP contribution in [0.2, 0.25) is 0 Å². The highest BCUT2D eigenvalue weighted by Crippen LogP contribution is 2.15. The van der Waals surface area contributed by atoms with E-state index in [9.17, 15) is 4.79 Å². The lowest BCUT2D eigenvalue weighted by Crippen LogP contribution is -2.17. The molecule has 2 rings (SSSR count). The maximum absolute atomic E-state index is 11.7. The summed E-state index contributed by atoms with van der Waals surface area (Å²) >= 11 is 1.56. The van der Waals surface area contributed by atoms with Crippen LogP contribution in [0.1, 0.15) is 0 Å². The molecule has 0 amide bonds. The first-order chi connectivity index (χ1) is 6.33. The lowest BCUT2D eigenvalue weighted by molar-refractivity contribution is 0.807. The smallest absolute Gasteiger partial charge is 0.260 e. The molecule has 0 spiro atoms. The van der Waals surface area contributed by atoms with Crippen molar-refractivity contribution in [2.24, 2.45) is 0 Å². The topological polar surface area (TPSA) is 22.0 Å². The van der Waals surface area contributed by atoms with Gasteiger partial charge in [0.1, 0.15) is 0 Å². The van der Waals surface area contributed by atoms with Crippen LogP contribution in [-0.4, -0.2) is 4.57 Å². The molecule has 64 valence electrons. The van der Waals surface area contributed by atoms with Crippen LogP contribution in [0.25, 0.3) is 10.1 Å². The van der Waals surface area contributed by atoms with Crippen LogP contribution in [0, 0.1) is 12.3 Å². The molecule has 2 heterocycles. The molecular weight excluding hydrogens is 182 g/mol. The number of fused-ring (bicyclic) bond motifs is 1. The summed E-state index contributed by atoms with van der Waals surface area (Å²) in [6.45, 7) is 0.338. The van der Waals surface area contributed by atoms with Crippen molar-refractivity contribution in [2.45, 2.75) is 6.54 Å². The van der Waals surface area contributed by atoms with E-state index in [1.54, 1.807) is 17.5 Å². The number of terminal acetylenes is 1. The van der Waals surface area contributed by atoms with E-state index in [2.05, 4.69) is 5.92 Å². The van der Waals surface area contributed by atoms with Gasteiger partial charge in [0.2, 0.25) is 0 Å². The van der Waals surface area contributed by atoms with Crippen molar-refractivity contribution in [3.63, 3.8) is 0 Å². The second kappa shape index (κ2) is 3.08. The molecule has 0 aliphatic heterocycles. The highest BCUT2D eigenvalue weighted by atomic mass is 32.1. The highest BCUT2D eigenvalue weighted by molar-refractivity contribution is 7.17. The third-order valence-electron chi connectivity index (χ3n) is 1.85. The van der Waals surface area contributed by atoms with Crippen molar-refractivity contribution in [3.8, 4) is 12.3 Å². The number of pyridine rings is 1. The van der Waals surface area contributed by atoms with Crippen LogP contribution in [-0.2, 0) is 6.54 Å². The van der Waals surface area contributed by atoms with Crippen molar-refractivity contribution < 1.29 is 0 Å². The van der Waals surface area contributed by atoms with Gasteiger partial charge in [-0.3, -0.25) is 4.79 Å². The van der Waals surface area contributed by atoms with E-state index in [1.807, 2.05) is 17.5 Å². The Kier molecular flexibility index (Phi) is 1.91. The van der Waals surface area contributed by atoms with Gasteiger partial charge in [0, 0.05) is 10.9 Å². The summed E-state index contributed by atoms with van der Waals surface area (Å²) in [4.78, 5) is 11.7. The fraction of sp³-hybridized carbons (Fsp3) is 0.100. The minimum Gasteiger partial charge on any atom is -0.303 e. The van der Waals surface area contributed by atoms with E-state index in [0.717, 1.165) is 10.1 Å². The van der Waals surface area contributed by atoms with Gasteiger partial charge >= 0.3 is 0 Å². The fourth-order valence-electron chi connectivity index (χ4n) is 1.23. The minimum absolute atomic E-state index is 0.00306. The Morgan fingerprint density at radius 1 is 1.54 bits per heavy atom. The lowest BCUT2D eigenvalue weighted by atomic mass is 10.3. The van der Waals surface area contributed by atoms with Gasteiger partial charge in [-0.15, -0.1) is 17.8 Å². The van der Waals surface area contributed by atoms with E-state index >= 15 is 0 Å². The van der Waals surface area contributed by atoms with Gasteiger partial charge in [-0.1, -0.05) is 5.92 Å². The zero-order chi connectivity index (χ0) is 9.26. The molecule has 0 radical (unpaired) electrons. The van der Waals surface area contributed by atoms with Crippen LogP contribution < -0.4 is 5.56 Å². The summed E-state index contributed by atoms with van der Waals surface area (Å²) in [5.41, 5.74) is -0.00306. The number of nitrogens with zero attached hydrogens (tertiary/aromatic N) is 1. The summed E-state index contributed by atoms with van der Waals surface area (Å²) in [5, 5.41) is 2.66. The molecule has 2 nitrogen and oxygen atoms in total. The van der Waals surface area contributed by atoms with Gasteiger partial charge in [0.05, 0.1) is 11.9 Å². The highest BCUT2D eigenvalue weighted by Gasteiger charge is 2.01. The number of rotatable bonds is 1. The van der Waals surface area contributed by atoms with Crippen LogP contribution in [0.15, 0.2) is 28.5 Å². The molecule has 0 unspecified atom stereocenters. The Balaban J connectivity index is 2.75. The first kappa shape index (κ1) is 8.09. The van der Waals surface area contributed by atoms with E-state index < -0.39 is 0 Å². The molecule has 0 saturated heterocycles. The zero-order valence-corrected chi connectivity index (χ0v) is 7.67. The molecule has 2 aromatic heterocycles. The van der Waals surface area contributed by atoms with Crippen molar-refractivity contribution >= 4 is 21.4 Å². The summed E-state index contributed by atoms with van der Waals surface area (Å²) < 4.78 is 2.55. The van der Waals surface area contributed by atoms with E-state index in [-0.39, 0.29) is 5.56 Å². The van der Waals surface area contributed by atoms with E-state index in [1.165, 1.54) is 4.57 Å². The van der Waals surface area contributed by atoms with Crippen molar-refractivity contribution in [2.75, 3.05) is 0 Å². The molecule has 0 fully saturated rings. The zero-order valence-electron chi connectivity index (χ0n) is 6.86. The average Bonchev–Trinajstić information content (AvgIpc) is 2.58. The average molecular weight is 189 g/mol. The van der Waals surface area contributed by atoms with Gasteiger partial charge in [-0.25, -0.2) is 0 Å². The van der Waals surface area contributed by atoms with Crippen LogP contribution in [0.3, 0.4) is 0 Å². The molecule has 0 N–H and O–H groups in total. The normalized spacial score (nSPS) is 10.1. The summed E-state index contributed by atoms with van der Waals surface area (Å²) in [6.07, 6.45) is 6.88. The predicted octanol–water partition coefficient (Wildman–Crippen LogP) is 1.70. The molecular formula is C10H7NOS. The number of thiophene rings is 1. The summed E-state index contributed by atoms with van der Waals surface area (Å²) in [6, 6.07) is 3.74. The fourth-order valence-corrected chi connectivity index (χ4v) is 2.00. The molecule has 0 aromatic carbocycles. The maximum atomic E-state index is 11.7.